The molecule has 1 saturated carbocycles. The number of hydrogen-bond donors (Lipinski definition) is 3. The van der Waals surface area contributed by atoms with Crippen molar-refractivity contribution in [2.45, 2.75) is 45.6 Å². The van der Waals surface area contributed by atoms with Crippen LogP contribution < -0.4 is 10.6 Å². The van der Waals surface area contributed by atoms with Crippen LogP contribution in [0.15, 0.2) is 24.3 Å². The summed E-state index contributed by atoms with van der Waals surface area (Å²) in [6, 6.07) is 7.80. The molecule has 0 aliphatic heterocycles. The third-order valence-electron chi connectivity index (χ3n) is 4.44. The largest absolute Gasteiger partial charge is 0.394 e. The van der Waals surface area contributed by atoms with Crippen molar-refractivity contribution >= 4 is 29.1 Å². The lowest BCUT2D eigenvalue weighted by molar-refractivity contribution is 0.248. The van der Waals surface area contributed by atoms with E-state index in [1.165, 1.54) is 0 Å². The Bertz CT molecular complexity index is 746. The number of hydrogen-bond acceptors (Lipinski definition) is 5. The van der Waals surface area contributed by atoms with Crippen LogP contribution in [-0.4, -0.2) is 27.7 Å². The Morgan fingerprint density at radius 3 is 2.60 bits per heavy atom. The minimum absolute atomic E-state index is 0.0429. The molecule has 3 rings (SSSR count). The molecular formula is C19H25ClN4O. The van der Waals surface area contributed by atoms with Crippen molar-refractivity contribution in [3.63, 3.8) is 0 Å². The first-order valence-corrected chi connectivity index (χ1v) is 9.13. The van der Waals surface area contributed by atoms with Gasteiger partial charge in [0.05, 0.1) is 29.1 Å². The topological polar surface area (TPSA) is 70.1 Å². The molecule has 0 bridgehead atoms. The van der Waals surface area contributed by atoms with Crippen LogP contribution in [0.4, 0.5) is 17.5 Å². The molecule has 1 aromatic carbocycles. The van der Waals surface area contributed by atoms with E-state index in [4.69, 9.17) is 11.6 Å². The van der Waals surface area contributed by atoms with Crippen molar-refractivity contribution in [2.75, 3.05) is 17.2 Å². The Balaban J connectivity index is 1.87. The van der Waals surface area contributed by atoms with Crippen molar-refractivity contribution < 1.29 is 5.11 Å². The van der Waals surface area contributed by atoms with E-state index >= 15 is 0 Å². The molecule has 0 amide bonds. The SMILES string of the molecule is Cc1ccc(Nc2cc(C3CC3)nc(N[C@@H](CO)C(C)C)n2)c(Cl)c1. The first-order chi connectivity index (χ1) is 12.0. The van der Waals surface area contributed by atoms with Crippen molar-refractivity contribution in [3.05, 3.63) is 40.5 Å². The molecule has 0 saturated heterocycles. The summed E-state index contributed by atoms with van der Waals surface area (Å²) in [6.45, 7) is 6.17. The van der Waals surface area contributed by atoms with E-state index in [0.717, 1.165) is 29.8 Å². The maximum Gasteiger partial charge on any atom is 0.225 e. The van der Waals surface area contributed by atoms with Gasteiger partial charge in [-0.3, -0.25) is 0 Å². The average molecular weight is 361 g/mol. The van der Waals surface area contributed by atoms with Crippen LogP contribution in [0.25, 0.3) is 0 Å². The van der Waals surface area contributed by atoms with Gasteiger partial charge in [0.25, 0.3) is 0 Å². The number of aryl methyl sites for hydroxylation is 1. The predicted molar refractivity (Wildman–Crippen MR) is 103 cm³/mol. The van der Waals surface area contributed by atoms with Gasteiger partial charge in [-0.1, -0.05) is 31.5 Å². The third kappa shape index (κ3) is 4.61. The van der Waals surface area contributed by atoms with Gasteiger partial charge >= 0.3 is 0 Å². The molecule has 25 heavy (non-hydrogen) atoms. The molecule has 6 heteroatoms. The van der Waals surface area contributed by atoms with Gasteiger partial charge in [-0.25, -0.2) is 4.98 Å². The lowest BCUT2D eigenvalue weighted by Gasteiger charge is -2.20. The molecule has 2 aromatic rings. The first-order valence-electron chi connectivity index (χ1n) is 8.76. The number of benzene rings is 1. The summed E-state index contributed by atoms with van der Waals surface area (Å²) in [4.78, 5) is 9.21. The van der Waals surface area contributed by atoms with Gasteiger partial charge in [0.15, 0.2) is 0 Å². The van der Waals surface area contributed by atoms with Gasteiger partial charge < -0.3 is 15.7 Å². The molecule has 0 spiro atoms. The molecule has 1 aliphatic rings. The van der Waals surface area contributed by atoms with Gasteiger partial charge in [-0.05, 0) is 43.4 Å². The highest BCUT2D eigenvalue weighted by atomic mass is 35.5. The van der Waals surface area contributed by atoms with E-state index in [9.17, 15) is 5.11 Å². The van der Waals surface area contributed by atoms with E-state index in [2.05, 4.69) is 34.4 Å². The normalized spacial score (nSPS) is 15.3. The summed E-state index contributed by atoms with van der Waals surface area (Å²) in [6.07, 6.45) is 2.32. The van der Waals surface area contributed by atoms with Crippen LogP contribution in [0.3, 0.4) is 0 Å². The van der Waals surface area contributed by atoms with Crippen molar-refractivity contribution in [3.8, 4) is 0 Å². The molecule has 0 radical (unpaired) electrons. The molecule has 1 heterocycles. The Hall–Kier alpha value is -1.85. The average Bonchev–Trinajstić information content (AvgIpc) is 3.40. The Labute approximate surface area is 153 Å². The Morgan fingerprint density at radius 2 is 2.00 bits per heavy atom. The Kier molecular flexibility index (Phi) is 5.45. The zero-order chi connectivity index (χ0) is 18.0. The lowest BCUT2D eigenvalue weighted by atomic mass is 10.1. The maximum atomic E-state index is 9.56. The standard InChI is InChI=1S/C19H25ClN4O/c1-11(2)17(10-25)23-19-22-16(13-5-6-13)9-18(24-19)21-15-7-4-12(3)8-14(15)20/h4,7-9,11,13,17,25H,5-6,10H2,1-3H3,(H2,21,22,23,24)/t17-/m0/s1. The molecule has 0 unspecified atom stereocenters. The van der Waals surface area contributed by atoms with Gasteiger partial charge in [0.2, 0.25) is 5.95 Å². The fraction of sp³-hybridized carbons (Fsp3) is 0.474. The number of aliphatic hydroxyl groups is 1. The van der Waals surface area contributed by atoms with Crippen LogP contribution >= 0.6 is 11.6 Å². The maximum absolute atomic E-state index is 9.56. The smallest absolute Gasteiger partial charge is 0.225 e. The summed E-state index contributed by atoms with van der Waals surface area (Å²) >= 11 is 6.33. The zero-order valence-electron chi connectivity index (χ0n) is 14.9. The number of nitrogens with one attached hydrogen (secondary N) is 2. The van der Waals surface area contributed by atoms with Crippen molar-refractivity contribution in [1.82, 2.24) is 9.97 Å². The van der Waals surface area contributed by atoms with E-state index in [-0.39, 0.29) is 18.6 Å². The Morgan fingerprint density at radius 1 is 1.24 bits per heavy atom. The molecule has 1 aliphatic carbocycles. The highest BCUT2D eigenvalue weighted by molar-refractivity contribution is 6.33. The fourth-order valence-electron chi connectivity index (χ4n) is 2.63. The van der Waals surface area contributed by atoms with E-state index in [1.54, 1.807) is 0 Å². The van der Waals surface area contributed by atoms with Gasteiger partial charge in [-0.2, -0.15) is 4.98 Å². The van der Waals surface area contributed by atoms with Crippen LogP contribution in [0.2, 0.25) is 5.02 Å². The number of nitrogens with zero attached hydrogens (tertiary/aromatic N) is 2. The fourth-order valence-corrected chi connectivity index (χ4v) is 2.91. The third-order valence-corrected chi connectivity index (χ3v) is 4.76. The first kappa shape index (κ1) is 18.0. The highest BCUT2D eigenvalue weighted by Crippen LogP contribution is 2.40. The summed E-state index contributed by atoms with van der Waals surface area (Å²) in [5.74, 6) is 2.04. The number of aromatic nitrogens is 2. The van der Waals surface area contributed by atoms with Gasteiger partial charge in [0.1, 0.15) is 5.82 Å². The van der Waals surface area contributed by atoms with E-state index in [0.29, 0.717) is 22.7 Å². The summed E-state index contributed by atoms with van der Waals surface area (Å²) in [5, 5.41) is 16.8. The van der Waals surface area contributed by atoms with Crippen LogP contribution in [0.1, 0.15) is 43.9 Å². The summed E-state index contributed by atoms with van der Waals surface area (Å²) in [7, 11) is 0. The number of halogens is 1. The van der Waals surface area contributed by atoms with Crippen LogP contribution in [0, 0.1) is 12.8 Å². The molecule has 1 aromatic heterocycles. The molecule has 5 nitrogen and oxygen atoms in total. The van der Waals surface area contributed by atoms with Gasteiger partial charge in [-0.15, -0.1) is 0 Å². The molecule has 134 valence electrons. The number of anilines is 3. The number of aliphatic hydroxyl groups excluding tert-OH is 1. The second kappa shape index (κ2) is 7.58. The van der Waals surface area contributed by atoms with Crippen molar-refractivity contribution in [2.24, 2.45) is 5.92 Å². The summed E-state index contributed by atoms with van der Waals surface area (Å²) < 4.78 is 0. The second-order valence-corrected chi connectivity index (χ2v) is 7.47. The summed E-state index contributed by atoms with van der Waals surface area (Å²) in [5.41, 5.74) is 2.96. The lowest BCUT2D eigenvalue weighted by Crippen LogP contribution is -2.30. The number of rotatable bonds is 7. The minimum Gasteiger partial charge on any atom is -0.394 e. The quantitative estimate of drug-likeness (QED) is 0.678. The molecular weight excluding hydrogens is 336 g/mol. The van der Waals surface area contributed by atoms with Gasteiger partial charge in [0, 0.05) is 12.0 Å². The monoisotopic (exact) mass is 360 g/mol. The zero-order valence-corrected chi connectivity index (χ0v) is 15.6. The molecule has 1 fully saturated rings. The highest BCUT2D eigenvalue weighted by Gasteiger charge is 2.26. The van der Waals surface area contributed by atoms with E-state index < -0.39 is 0 Å². The van der Waals surface area contributed by atoms with Crippen molar-refractivity contribution in [1.29, 1.82) is 0 Å². The van der Waals surface area contributed by atoms with Crippen LogP contribution in [-0.2, 0) is 0 Å². The van der Waals surface area contributed by atoms with E-state index in [1.807, 2.05) is 31.2 Å². The predicted octanol–water partition coefficient (Wildman–Crippen LogP) is 4.49. The molecule has 1 atom stereocenters. The molecule has 3 N–H and O–H groups in total. The minimum atomic E-state index is -0.0785. The second-order valence-electron chi connectivity index (χ2n) is 7.06. The van der Waals surface area contributed by atoms with Crippen LogP contribution in [0.5, 0.6) is 0 Å².